The highest BCUT2D eigenvalue weighted by atomic mass is 35.5. The van der Waals surface area contributed by atoms with E-state index in [4.69, 9.17) is 21.1 Å². The monoisotopic (exact) mass is 499 g/mol. The van der Waals surface area contributed by atoms with Crippen LogP contribution in [-0.4, -0.2) is 67.4 Å². The number of benzene rings is 2. The highest BCUT2D eigenvalue weighted by Gasteiger charge is 2.43. The van der Waals surface area contributed by atoms with Crippen molar-refractivity contribution in [3.63, 3.8) is 0 Å². The number of rotatable bonds is 5. The Morgan fingerprint density at radius 2 is 1.79 bits per heavy atom. The third kappa shape index (κ3) is 6.53. The fourth-order valence-corrected chi connectivity index (χ4v) is 4.31. The third-order valence-corrected chi connectivity index (χ3v) is 5.89. The minimum absolute atomic E-state index is 0.118. The molecule has 184 valence electrons. The molecular formula is C23H25ClF3N3O4. The van der Waals surface area contributed by atoms with Gasteiger partial charge in [0.25, 0.3) is 0 Å². The van der Waals surface area contributed by atoms with E-state index < -0.39 is 17.9 Å². The summed E-state index contributed by atoms with van der Waals surface area (Å²) in [6.07, 6.45) is -4.81. The SMILES string of the molecule is O=C(NCc1ccccc1)N1CCOC2(CN(Cc3ccc(OC(F)(F)F)c(Cl)c3)CCO2)C1. The zero-order valence-electron chi connectivity index (χ0n) is 18.3. The van der Waals surface area contributed by atoms with Crippen LogP contribution in [0.25, 0.3) is 0 Å². The highest BCUT2D eigenvalue weighted by molar-refractivity contribution is 6.32. The predicted octanol–water partition coefficient (Wildman–Crippen LogP) is 4.01. The van der Waals surface area contributed by atoms with E-state index >= 15 is 0 Å². The maximum Gasteiger partial charge on any atom is 0.573 e. The van der Waals surface area contributed by atoms with Gasteiger partial charge in [0.2, 0.25) is 0 Å². The van der Waals surface area contributed by atoms with Crippen LogP contribution in [0.4, 0.5) is 18.0 Å². The van der Waals surface area contributed by atoms with Crippen LogP contribution < -0.4 is 10.1 Å². The molecule has 2 fully saturated rings. The number of amides is 2. The molecule has 2 aliphatic heterocycles. The predicted molar refractivity (Wildman–Crippen MR) is 118 cm³/mol. The normalized spacial score (nSPS) is 21.5. The van der Waals surface area contributed by atoms with Gasteiger partial charge in [-0.2, -0.15) is 0 Å². The van der Waals surface area contributed by atoms with Crippen LogP contribution >= 0.6 is 11.6 Å². The molecule has 2 amide bonds. The van der Waals surface area contributed by atoms with Crippen LogP contribution in [0, 0.1) is 0 Å². The maximum absolute atomic E-state index is 12.7. The summed E-state index contributed by atoms with van der Waals surface area (Å²) in [5.41, 5.74) is 1.73. The number of nitrogens with zero attached hydrogens (tertiary/aromatic N) is 2. The fourth-order valence-electron chi connectivity index (χ4n) is 4.07. The summed E-state index contributed by atoms with van der Waals surface area (Å²) in [7, 11) is 0. The van der Waals surface area contributed by atoms with Crippen molar-refractivity contribution in [1.29, 1.82) is 0 Å². The average molecular weight is 500 g/mol. The standard InChI is InChI=1S/C23H25ClF3N3O4/c24-19-12-18(6-7-20(19)34-23(25,26)27)14-29-8-10-32-22(15-29)16-30(9-11-33-22)21(31)28-13-17-4-2-1-3-5-17/h1-7,12H,8-11,13-16H2,(H,28,31). The van der Waals surface area contributed by atoms with Gasteiger partial charge in [-0.15, -0.1) is 13.2 Å². The van der Waals surface area contributed by atoms with E-state index in [1.165, 1.54) is 12.1 Å². The number of carbonyl (C=O) groups excluding carboxylic acids is 1. The number of ether oxygens (including phenoxy) is 3. The van der Waals surface area contributed by atoms with Crippen molar-refractivity contribution < 1.29 is 32.2 Å². The zero-order valence-corrected chi connectivity index (χ0v) is 19.1. The van der Waals surface area contributed by atoms with Gasteiger partial charge in [0, 0.05) is 26.2 Å². The number of hydrogen-bond acceptors (Lipinski definition) is 5. The van der Waals surface area contributed by atoms with Crippen LogP contribution in [0.15, 0.2) is 48.5 Å². The van der Waals surface area contributed by atoms with Crippen molar-refractivity contribution in [2.75, 3.05) is 39.4 Å². The van der Waals surface area contributed by atoms with Crippen LogP contribution in [-0.2, 0) is 22.6 Å². The lowest BCUT2D eigenvalue weighted by molar-refractivity contribution is -0.287. The van der Waals surface area contributed by atoms with Gasteiger partial charge in [-0.1, -0.05) is 48.0 Å². The lowest BCUT2D eigenvalue weighted by Gasteiger charge is -2.47. The first kappa shape index (κ1) is 24.6. The zero-order chi connectivity index (χ0) is 24.2. The van der Waals surface area contributed by atoms with Crippen LogP contribution in [0.1, 0.15) is 11.1 Å². The molecule has 34 heavy (non-hydrogen) atoms. The van der Waals surface area contributed by atoms with Crippen molar-refractivity contribution in [3.05, 3.63) is 64.7 Å². The van der Waals surface area contributed by atoms with Gasteiger partial charge in [-0.3, -0.25) is 4.90 Å². The number of alkyl halides is 3. The lowest BCUT2D eigenvalue weighted by Crippen LogP contribution is -2.63. The lowest BCUT2D eigenvalue weighted by atomic mass is 10.1. The molecule has 0 bridgehead atoms. The molecule has 1 N–H and O–H groups in total. The molecule has 2 saturated heterocycles. The Balaban J connectivity index is 1.35. The molecule has 1 unspecified atom stereocenters. The van der Waals surface area contributed by atoms with Gasteiger partial charge in [-0.25, -0.2) is 4.79 Å². The van der Waals surface area contributed by atoms with Crippen LogP contribution in [0.3, 0.4) is 0 Å². The molecule has 11 heteroatoms. The first-order chi connectivity index (χ1) is 16.2. The molecule has 2 aromatic rings. The summed E-state index contributed by atoms with van der Waals surface area (Å²) in [5.74, 6) is -1.41. The largest absolute Gasteiger partial charge is 0.573 e. The van der Waals surface area contributed by atoms with Gasteiger partial charge >= 0.3 is 12.4 Å². The van der Waals surface area contributed by atoms with E-state index in [1.807, 2.05) is 30.3 Å². The van der Waals surface area contributed by atoms with Crippen LogP contribution in [0.5, 0.6) is 5.75 Å². The fraction of sp³-hybridized carbons (Fsp3) is 0.435. The van der Waals surface area contributed by atoms with Gasteiger partial charge in [-0.05, 0) is 23.3 Å². The second-order valence-corrected chi connectivity index (χ2v) is 8.60. The summed E-state index contributed by atoms with van der Waals surface area (Å²) in [4.78, 5) is 16.5. The van der Waals surface area contributed by atoms with Gasteiger partial charge in [0.05, 0.1) is 31.3 Å². The number of urea groups is 1. The van der Waals surface area contributed by atoms with Crippen LogP contribution in [0.2, 0.25) is 5.02 Å². The quantitative estimate of drug-likeness (QED) is 0.673. The van der Waals surface area contributed by atoms with E-state index in [9.17, 15) is 18.0 Å². The van der Waals surface area contributed by atoms with Crippen molar-refractivity contribution in [2.45, 2.75) is 25.2 Å². The number of nitrogens with one attached hydrogen (secondary N) is 1. The summed E-state index contributed by atoms with van der Waals surface area (Å²) in [6, 6.07) is 13.6. The Hall–Kier alpha value is -2.53. The Morgan fingerprint density at radius 3 is 2.50 bits per heavy atom. The molecule has 0 radical (unpaired) electrons. The molecule has 1 atom stereocenters. The summed E-state index contributed by atoms with van der Waals surface area (Å²) >= 11 is 5.98. The van der Waals surface area contributed by atoms with Crippen molar-refractivity contribution in [1.82, 2.24) is 15.1 Å². The molecule has 1 spiro atoms. The second-order valence-electron chi connectivity index (χ2n) is 8.20. The Kier molecular flexibility index (Phi) is 7.51. The van der Waals surface area contributed by atoms with Gasteiger partial charge in [0.15, 0.2) is 5.79 Å². The molecule has 0 aliphatic carbocycles. The molecular weight excluding hydrogens is 475 g/mol. The van der Waals surface area contributed by atoms with Crippen molar-refractivity contribution in [2.24, 2.45) is 0 Å². The molecule has 2 heterocycles. The van der Waals surface area contributed by atoms with E-state index in [-0.39, 0.29) is 17.6 Å². The van der Waals surface area contributed by atoms with Gasteiger partial charge < -0.3 is 24.4 Å². The molecule has 0 saturated carbocycles. The molecule has 2 aliphatic rings. The summed E-state index contributed by atoms with van der Waals surface area (Å²) in [5, 5.41) is 2.81. The Morgan fingerprint density at radius 1 is 1.06 bits per heavy atom. The third-order valence-electron chi connectivity index (χ3n) is 5.60. The Bertz CT molecular complexity index is 991. The maximum atomic E-state index is 12.7. The minimum Gasteiger partial charge on any atom is -0.404 e. The number of hydrogen-bond donors (Lipinski definition) is 1. The summed E-state index contributed by atoms with van der Waals surface area (Å²) < 4.78 is 53.3. The number of carbonyl (C=O) groups is 1. The first-order valence-electron chi connectivity index (χ1n) is 10.8. The topological polar surface area (TPSA) is 63.3 Å². The van der Waals surface area contributed by atoms with E-state index in [0.717, 1.165) is 11.1 Å². The highest BCUT2D eigenvalue weighted by Crippen LogP contribution is 2.32. The molecule has 4 rings (SSSR count). The second kappa shape index (κ2) is 10.4. The Labute approximate surface area is 200 Å². The minimum atomic E-state index is -4.81. The number of halogens is 4. The van der Waals surface area contributed by atoms with Crippen molar-refractivity contribution in [3.8, 4) is 5.75 Å². The van der Waals surface area contributed by atoms with E-state index in [0.29, 0.717) is 45.9 Å². The molecule has 7 nitrogen and oxygen atoms in total. The van der Waals surface area contributed by atoms with E-state index in [1.54, 1.807) is 11.0 Å². The van der Waals surface area contributed by atoms with E-state index in [2.05, 4.69) is 15.0 Å². The number of morpholine rings is 2. The summed E-state index contributed by atoms with van der Waals surface area (Å²) in [6.45, 7) is 3.29. The smallest absolute Gasteiger partial charge is 0.404 e. The molecule has 0 aromatic heterocycles. The average Bonchev–Trinajstić information content (AvgIpc) is 2.79. The first-order valence-corrected chi connectivity index (χ1v) is 11.2. The van der Waals surface area contributed by atoms with Gasteiger partial charge in [0.1, 0.15) is 5.75 Å². The van der Waals surface area contributed by atoms with Crippen molar-refractivity contribution >= 4 is 17.6 Å². The molecule has 2 aromatic carbocycles.